The topological polar surface area (TPSA) is 38.5 Å². The molecule has 1 atom stereocenters. The maximum absolute atomic E-state index is 6.09. The van der Waals surface area contributed by atoms with E-state index in [1.165, 1.54) is 18.5 Å². The second-order valence-corrected chi connectivity index (χ2v) is 6.25. The van der Waals surface area contributed by atoms with Crippen molar-refractivity contribution in [2.75, 3.05) is 18.0 Å². The van der Waals surface area contributed by atoms with Crippen molar-refractivity contribution in [1.82, 2.24) is 5.16 Å². The van der Waals surface area contributed by atoms with Crippen LogP contribution in [-0.4, -0.2) is 18.2 Å². The Morgan fingerprint density at radius 3 is 2.86 bits per heavy atom. The van der Waals surface area contributed by atoms with E-state index in [0.29, 0.717) is 6.61 Å². The molecule has 1 fully saturated rings. The molecule has 1 saturated heterocycles. The average molecular weight is 300 g/mol. The fourth-order valence-electron chi connectivity index (χ4n) is 3.11. The number of rotatable bonds is 4. The molecular formula is C18H24N2O2. The minimum Gasteiger partial charge on any atom is -0.487 e. The van der Waals surface area contributed by atoms with Crippen molar-refractivity contribution in [2.45, 2.75) is 40.2 Å². The van der Waals surface area contributed by atoms with Crippen molar-refractivity contribution in [3.63, 3.8) is 0 Å². The van der Waals surface area contributed by atoms with Gasteiger partial charge in [0.25, 0.3) is 0 Å². The number of aromatic nitrogens is 1. The molecule has 1 aliphatic rings. The summed E-state index contributed by atoms with van der Waals surface area (Å²) in [5.74, 6) is 2.52. The van der Waals surface area contributed by atoms with Crippen LogP contribution >= 0.6 is 0 Å². The van der Waals surface area contributed by atoms with Crippen molar-refractivity contribution < 1.29 is 9.26 Å². The van der Waals surface area contributed by atoms with Crippen molar-refractivity contribution in [3.8, 4) is 5.75 Å². The monoisotopic (exact) mass is 300 g/mol. The van der Waals surface area contributed by atoms with Gasteiger partial charge in [0.2, 0.25) is 0 Å². The van der Waals surface area contributed by atoms with E-state index in [1.807, 2.05) is 26.0 Å². The molecule has 0 radical (unpaired) electrons. The Bertz CT molecular complexity index is 616. The molecule has 0 unspecified atom stereocenters. The van der Waals surface area contributed by atoms with Crippen LogP contribution < -0.4 is 9.64 Å². The highest BCUT2D eigenvalue weighted by molar-refractivity contribution is 5.58. The number of para-hydroxylation sites is 2. The first-order chi connectivity index (χ1) is 10.6. The first-order valence-corrected chi connectivity index (χ1v) is 8.03. The van der Waals surface area contributed by atoms with E-state index in [2.05, 4.69) is 29.1 Å². The number of nitrogens with zero attached hydrogens (tertiary/aromatic N) is 2. The molecule has 4 heteroatoms. The first-order valence-electron chi connectivity index (χ1n) is 8.03. The second kappa shape index (κ2) is 6.42. The van der Waals surface area contributed by atoms with Crippen molar-refractivity contribution in [3.05, 3.63) is 41.3 Å². The predicted molar refractivity (Wildman–Crippen MR) is 87.4 cm³/mol. The van der Waals surface area contributed by atoms with Gasteiger partial charge in [0.15, 0.2) is 0 Å². The summed E-state index contributed by atoms with van der Waals surface area (Å²) in [5, 5.41) is 3.99. The fourth-order valence-corrected chi connectivity index (χ4v) is 3.11. The van der Waals surface area contributed by atoms with E-state index >= 15 is 0 Å². The predicted octanol–water partition coefficient (Wildman–Crippen LogP) is 4.11. The summed E-state index contributed by atoms with van der Waals surface area (Å²) in [7, 11) is 0. The van der Waals surface area contributed by atoms with Crippen LogP contribution in [0.5, 0.6) is 5.75 Å². The van der Waals surface area contributed by atoms with Crippen LogP contribution in [0.1, 0.15) is 36.8 Å². The normalized spacial score (nSPS) is 18.5. The van der Waals surface area contributed by atoms with Crippen LogP contribution in [0.4, 0.5) is 5.69 Å². The third kappa shape index (κ3) is 3.11. The summed E-state index contributed by atoms with van der Waals surface area (Å²) in [6, 6.07) is 8.31. The molecule has 4 nitrogen and oxygen atoms in total. The zero-order chi connectivity index (χ0) is 15.5. The summed E-state index contributed by atoms with van der Waals surface area (Å²) in [6.07, 6.45) is 2.57. The van der Waals surface area contributed by atoms with Gasteiger partial charge in [0.1, 0.15) is 18.1 Å². The lowest BCUT2D eigenvalue weighted by Gasteiger charge is -2.33. The van der Waals surface area contributed by atoms with Gasteiger partial charge in [0, 0.05) is 13.1 Å². The van der Waals surface area contributed by atoms with Crippen LogP contribution in [0.2, 0.25) is 0 Å². The van der Waals surface area contributed by atoms with Gasteiger partial charge >= 0.3 is 0 Å². The lowest BCUT2D eigenvalue weighted by Crippen LogP contribution is -2.34. The summed E-state index contributed by atoms with van der Waals surface area (Å²) in [6.45, 7) is 8.91. The SMILES string of the molecule is Cc1noc(C)c1COc1ccccc1N1CCC[C@@H](C)C1. The molecule has 0 amide bonds. The molecule has 2 heterocycles. The van der Waals surface area contributed by atoms with Crippen molar-refractivity contribution in [1.29, 1.82) is 0 Å². The number of piperidine rings is 1. The minimum atomic E-state index is 0.502. The molecule has 1 aliphatic heterocycles. The molecule has 0 spiro atoms. The summed E-state index contributed by atoms with van der Waals surface area (Å²) in [4.78, 5) is 2.44. The number of ether oxygens (including phenoxy) is 1. The van der Waals surface area contributed by atoms with E-state index in [9.17, 15) is 0 Å². The molecule has 1 aromatic carbocycles. The number of hydrogen-bond donors (Lipinski definition) is 0. The van der Waals surface area contributed by atoms with Crippen LogP contribution in [0, 0.1) is 19.8 Å². The van der Waals surface area contributed by atoms with Gasteiger partial charge in [-0.1, -0.05) is 24.2 Å². The molecule has 0 saturated carbocycles. The third-order valence-corrected chi connectivity index (χ3v) is 4.42. The number of anilines is 1. The highest BCUT2D eigenvalue weighted by Gasteiger charge is 2.19. The molecule has 3 rings (SSSR count). The van der Waals surface area contributed by atoms with Crippen LogP contribution in [0.25, 0.3) is 0 Å². The lowest BCUT2D eigenvalue weighted by molar-refractivity contribution is 0.300. The Kier molecular flexibility index (Phi) is 4.36. The van der Waals surface area contributed by atoms with E-state index in [1.54, 1.807) is 0 Å². The standard InChI is InChI=1S/C18H24N2O2/c1-13-7-6-10-20(11-13)17-8-4-5-9-18(17)21-12-16-14(2)19-22-15(16)3/h4-5,8-9,13H,6-7,10-12H2,1-3H3/t13-/m1/s1. The van der Waals surface area contributed by atoms with Gasteiger partial charge < -0.3 is 14.2 Å². The van der Waals surface area contributed by atoms with Gasteiger partial charge in [-0.25, -0.2) is 0 Å². The Morgan fingerprint density at radius 2 is 2.14 bits per heavy atom. The quantitative estimate of drug-likeness (QED) is 0.852. The maximum atomic E-state index is 6.09. The number of benzene rings is 1. The van der Waals surface area contributed by atoms with Gasteiger partial charge in [0.05, 0.1) is 16.9 Å². The zero-order valence-electron chi connectivity index (χ0n) is 13.6. The molecular weight excluding hydrogens is 276 g/mol. The van der Waals surface area contributed by atoms with Crippen LogP contribution in [0.3, 0.4) is 0 Å². The number of aryl methyl sites for hydroxylation is 2. The molecule has 0 aliphatic carbocycles. The maximum Gasteiger partial charge on any atom is 0.143 e. The summed E-state index contributed by atoms with van der Waals surface area (Å²) >= 11 is 0. The van der Waals surface area contributed by atoms with E-state index in [-0.39, 0.29) is 0 Å². The molecule has 0 bridgehead atoms. The fraction of sp³-hybridized carbons (Fsp3) is 0.500. The number of hydrogen-bond acceptors (Lipinski definition) is 4. The highest BCUT2D eigenvalue weighted by Crippen LogP contribution is 2.32. The Morgan fingerprint density at radius 1 is 1.32 bits per heavy atom. The van der Waals surface area contributed by atoms with Crippen molar-refractivity contribution in [2.24, 2.45) is 5.92 Å². The Balaban J connectivity index is 1.76. The Labute approximate surface area is 132 Å². The van der Waals surface area contributed by atoms with Gasteiger partial charge in [-0.05, 0) is 44.7 Å². The van der Waals surface area contributed by atoms with Crippen LogP contribution in [-0.2, 0) is 6.61 Å². The summed E-state index contributed by atoms with van der Waals surface area (Å²) in [5.41, 5.74) is 3.14. The minimum absolute atomic E-state index is 0.502. The van der Waals surface area contributed by atoms with E-state index in [0.717, 1.165) is 41.8 Å². The highest BCUT2D eigenvalue weighted by atomic mass is 16.5. The van der Waals surface area contributed by atoms with Gasteiger partial charge in [-0.3, -0.25) is 0 Å². The summed E-state index contributed by atoms with van der Waals surface area (Å²) < 4.78 is 11.3. The van der Waals surface area contributed by atoms with E-state index in [4.69, 9.17) is 9.26 Å². The second-order valence-electron chi connectivity index (χ2n) is 6.25. The van der Waals surface area contributed by atoms with Gasteiger partial charge in [-0.15, -0.1) is 0 Å². The average Bonchev–Trinajstić information content (AvgIpc) is 2.84. The van der Waals surface area contributed by atoms with Crippen molar-refractivity contribution >= 4 is 5.69 Å². The largest absolute Gasteiger partial charge is 0.487 e. The smallest absolute Gasteiger partial charge is 0.143 e. The van der Waals surface area contributed by atoms with Crippen LogP contribution in [0.15, 0.2) is 28.8 Å². The van der Waals surface area contributed by atoms with E-state index < -0.39 is 0 Å². The molecule has 2 aromatic rings. The molecule has 1 aromatic heterocycles. The first kappa shape index (κ1) is 14.9. The zero-order valence-corrected chi connectivity index (χ0v) is 13.6. The lowest BCUT2D eigenvalue weighted by atomic mass is 9.99. The molecule has 22 heavy (non-hydrogen) atoms. The molecule has 118 valence electrons. The van der Waals surface area contributed by atoms with Gasteiger partial charge in [-0.2, -0.15) is 0 Å². The molecule has 0 N–H and O–H groups in total. The third-order valence-electron chi connectivity index (χ3n) is 4.42. The Hall–Kier alpha value is -1.97.